The third-order valence-electron chi connectivity index (χ3n) is 3.77. The Kier molecular flexibility index (Phi) is 3.61. The van der Waals surface area contributed by atoms with E-state index in [4.69, 9.17) is 4.74 Å². The molecule has 3 heteroatoms. The van der Waals surface area contributed by atoms with Gasteiger partial charge in [-0.2, -0.15) is 0 Å². The molecular weight excluding hydrogens is 248 g/mol. The van der Waals surface area contributed by atoms with Gasteiger partial charge in [0, 0.05) is 30.0 Å². The highest BCUT2D eigenvalue weighted by Gasteiger charge is 2.17. The number of anilines is 2. The fraction of sp³-hybridized carbons (Fsp3) is 0.294. The number of ether oxygens (including phenoxy) is 1. The van der Waals surface area contributed by atoms with Crippen molar-refractivity contribution in [3.05, 3.63) is 53.6 Å². The van der Waals surface area contributed by atoms with E-state index in [1.54, 1.807) is 7.11 Å². The van der Waals surface area contributed by atoms with Crippen molar-refractivity contribution in [2.75, 3.05) is 12.4 Å². The Morgan fingerprint density at radius 1 is 1.20 bits per heavy atom. The van der Waals surface area contributed by atoms with Crippen molar-refractivity contribution >= 4 is 11.4 Å². The highest BCUT2D eigenvalue weighted by atomic mass is 16.5. The van der Waals surface area contributed by atoms with Crippen LogP contribution in [0.4, 0.5) is 11.4 Å². The van der Waals surface area contributed by atoms with E-state index in [1.165, 1.54) is 16.8 Å². The maximum absolute atomic E-state index is 5.27. The second-order valence-corrected chi connectivity index (χ2v) is 5.29. The molecule has 20 heavy (non-hydrogen) atoms. The minimum Gasteiger partial charge on any atom is -0.497 e. The largest absolute Gasteiger partial charge is 0.497 e. The summed E-state index contributed by atoms with van der Waals surface area (Å²) in [4.78, 5) is 0. The summed E-state index contributed by atoms with van der Waals surface area (Å²) >= 11 is 0. The van der Waals surface area contributed by atoms with Crippen molar-refractivity contribution in [1.29, 1.82) is 0 Å². The molecule has 2 aromatic carbocycles. The lowest BCUT2D eigenvalue weighted by atomic mass is 9.95. The topological polar surface area (TPSA) is 33.3 Å². The first-order valence-corrected chi connectivity index (χ1v) is 7.01. The minimum absolute atomic E-state index is 0.524. The van der Waals surface area contributed by atoms with Gasteiger partial charge in [0.2, 0.25) is 0 Å². The van der Waals surface area contributed by atoms with Gasteiger partial charge in [0.25, 0.3) is 0 Å². The Labute approximate surface area is 120 Å². The van der Waals surface area contributed by atoms with Gasteiger partial charge in [-0.05, 0) is 42.7 Å². The monoisotopic (exact) mass is 268 g/mol. The van der Waals surface area contributed by atoms with Crippen LogP contribution in [0.1, 0.15) is 18.1 Å². The Morgan fingerprint density at radius 3 is 2.90 bits per heavy atom. The maximum Gasteiger partial charge on any atom is 0.120 e. The van der Waals surface area contributed by atoms with Gasteiger partial charge in [-0.1, -0.05) is 18.2 Å². The second-order valence-electron chi connectivity index (χ2n) is 5.29. The van der Waals surface area contributed by atoms with E-state index in [9.17, 15) is 0 Å². The first kappa shape index (κ1) is 13.0. The molecule has 2 N–H and O–H groups in total. The number of fused-ring (bicyclic) bond motifs is 1. The zero-order chi connectivity index (χ0) is 13.9. The summed E-state index contributed by atoms with van der Waals surface area (Å²) in [7, 11) is 1.69. The van der Waals surface area contributed by atoms with Gasteiger partial charge in [-0.3, -0.25) is 0 Å². The van der Waals surface area contributed by atoms with Gasteiger partial charge < -0.3 is 15.4 Å². The average molecular weight is 268 g/mol. The molecule has 0 spiro atoms. The lowest BCUT2D eigenvalue weighted by Crippen LogP contribution is -2.33. The normalized spacial score (nSPS) is 17.4. The van der Waals surface area contributed by atoms with Crippen LogP contribution in [-0.2, 0) is 13.0 Å². The van der Waals surface area contributed by atoms with E-state index in [0.29, 0.717) is 6.04 Å². The number of hydrogen-bond acceptors (Lipinski definition) is 3. The van der Waals surface area contributed by atoms with Crippen LogP contribution in [0, 0.1) is 0 Å². The second kappa shape index (κ2) is 5.55. The fourth-order valence-electron chi connectivity index (χ4n) is 2.68. The van der Waals surface area contributed by atoms with Crippen molar-refractivity contribution in [3.8, 4) is 5.75 Å². The molecule has 1 aliphatic rings. The lowest BCUT2D eigenvalue weighted by molar-refractivity contribution is 0.415. The highest BCUT2D eigenvalue weighted by Crippen LogP contribution is 2.28. The smallest absolute Gasteiger partial charge is 0.120 e. The first-order chi connectivity index (χ1) is 9.76. The van der Waals surface area contributed by atoms with E-state index in [2.05, 4.69) is 41.8 Å². The molecule has 1 atom stereocenters. The van der Waals surface area contributed by atoms with Gasteiger partial charge in [-0.25, -0.2) is 0 Å². The predicted molar refractivity (Wildman–Crippen MR) is 82.7 cm³/mol. The Bertz CT molecular complexity index is 610. The molecule has 3 nitrogen and oxygen atoms in total. The Hall–Kier alpha value is -2.00. The SMILES string of the molecule is COc1cccc(Nc2cccc3c2CC(C)NC3)c1. The van der Waals surface area contributed by atoms with Crippen LogP contribution in [0.25, 0.3) is 0 Å². The molecular formula is C17H20N2O. The predicted octanol–water partition coefficient (Wildman–Crippen LogP) is 3.47. The van der Waals surface area contributed by atoms with Gasteiger partial charge >= 0.3 is 0 Å². The van der Waals surface area contributed by atoms with Crippen LogP contribution >= 0.6 is 0 Å². The van der Waals surface area contributed by atoms with Crippen LogP contribution < -0.4 is 15.4 Å². The molecule has 0 radical (unpaired) electrons. The van der Waals surface area contributed by atoms with Gasteiger partial charge in [0.15, 0.2) is 0 Å². The van der Waals surface area contributed by atoms with E-state index < -0.39 is 0 Å². The summed E-state index contributed by atoms with van der Waals surface area (Å²) in [5, 5.41) is 7.02. The van der Waals surface area contributed by atoms with Crippen molar-refractivity contribution in [2.45, 2.75) is 25.9 Å². The standard InChI is InChI=1S/C17H20N2O/c1-12-9-16-13(11-18-12)5-3-8-17(16)19-14-6-4-7-15(10-14)20-2/h3-8,10,12,18-19H,9,11H2,1-2H3. The third kappa shape index (κ3) is 2.63. The van der Waals surface area contributed by atoms with Crippen LogP contribution in [-0.4, -0.2) is 13.2 Å². The van der Waals surface area contributed by atoms with E-state index in [-0.39, 0.29) is 0 Å². The molecule has 1 aliphatic heterocycles. The molecule has 0 fully saturated rings. The summed E-state index contributed by atoms with van der Waals surface area (Å²) in [5.74, 6) is 0.870. The van der Waals surface area contributed by atoms with Crippen molar-refractivity contribution < 1.29 is 4.74 Å². The van der Waals surface area contributed by atoms with Crippen LogP contribution in [0.3, 0.4) is 0 Å². The number of hydrogen-bond donors (Lipinski definition) is 2. The van der Waals surface area contributed by atoms with Crippen molar-refractivity contribution in [1.82, 2.24) is 5.32 Å². The van der Waals surface area contributed by atoms with Crippen LogP contribution in [0.5, 0.6) is 5.75 Å². The maximum atomic E-state index is 5.27. The first-order valence-electron chi connectivity index (χ1n) is 7.01. The molecule has 0 saturated carbocycles. The quantitative estimate of drug-likeness (QED) is 0.894. The number of nitrogens with one attached hydrogen (secondary N) is 2. The molecule has 1 unspecified atom stereocenters. The third-order valence-corrected chi connectivity index (χ3v) is 3.77. The fourth-order valence-corrected chi connectivity index (χ4v) is 2.68. The summed E-state index contributed by atoms with van der Waals surface area (Å²) < 4.78 is 5.27. The molecule has 104 valence electrons. The number of benzene rings is 2. The van der Waals surface area contributed by atoms with Crippen LogP contribution in [0.15, 0.2) is 42.5 Å². The summed E-state index contributed by atoms with van der Waals surface area (Å²) in [6.07, 6.45) is 1.06. The molecule has 0 aromatic heterocycles. The molecule has 0 saturated heterocycles. The lowest BCUT2D eigenvalue weighted by Gasteiger charge is -2.25. The molecule has 0 bridgehead atoms. The van der Waals surface area contributed by atoms with E-state index in [0.717, 1.165) is 24.4 Å². The van der Waals surface area contributed by atoms with Gasteiger partial charge in [0.05, 0.1) is 7.11 Å². The van der Waals surface area contributed by atoms with Gasteiger partial charge in [-0.15, -0.1) is 0 Å². The highest BCUT2D eigenvalue weighted by molar-refractivity contribution is 5.66. The molecule has 2 aromatic rings. The average Bonchev–Trinajstić information content (AvgIpc) is 2.48. The van der Waals surface area contributed by atoms with E-state index >= 15 is 0 Å². The summed E-state index contributed by atoms with van der Waals surface area (Å²) in [6, 6.07) is 15.0. The molecule has 1 heterocycles. The summed E-state index contributed by atoms with van der Waals surface area (Å²) in [5.41, 5.74) is 5.06. The number of rotatable bonds is 3. The van der Waals surface area contributed by atoms with Gasteiger partial charge in [0.1, 0.15) is 5.75 Å². The van der Waals surface area contributed by atoms with E-state index in [1.807, 2.05) is 18.2 Å². The zero-order valence-corrected chi connectivity index (χ0v) is 11.9. The minimum atomic E-state index is 0.524. The molecule has 0 aliphatic carbocycles. The van der Waals surface area contributed by atoms with Crippen LogP contribution in [0.2, 0.25) is 0 Å². The summed E-state index contributed by atoms with van der Waals surface area (Å²) in [6.45, 7) is 3.18. The molecule has 0 amide bonds. The Morgan fingerprint density at radius 2 is 2.05 bits per heavy atom. The number of methoxy groups -OCH3 is 1. The molecule has 3 rings (SSSR count). The Balaban J connectivity index is 1.91. The van der Waals surface area contributed by atoms with Crippen molar-refractivity contribution in [2.24, 2.45) is 0 Å². The van der Waals surface area contributed by atoms with Crippen molar-refractivity contribution in [3.63, 3.8) is 0 Å². The zero-order valence-electron chi connectivity index (χ0n) is 11.9.